The monoisotopic (exact) mass is 493 g/mol. The van der Waals surface area contributed by atoms with Crippen LogP contribution in [0.5, 0.6) is 0 Å². The van der Waals surface area contributed by atoms with Crippen LogP contribution in [0.4, 0.5) is 18.9 Å². The van der Waals surface area contributed by atoms with Gasteiger partial charge in [-0.05, 0) is 42.5 Å². The zero-order valence-electron chi connectivity index (χ0n) is 14.6. The Kier molecular flexibility index (Phi) is 7.25. The van der Waals surface area contributed by atoms with E-state index in [1.807, 2.05) is 0 Å². The molecule has 0 aliphatic rings. The summed E-state index contributed by atoms with van der Waals surface area (Å²) in [6.07, 6.45) is -4.57. The predicted molar refractivity (Wildman–Crippen MR) is 103 cm³/mol. The summed E-state index contributed by atoms with van der Waals surface area (Å²) in [6, 6.07) is 11.4. The first-order valence-electron chi connectivity index (χ1n) is 7.96. The fourth-order valence-corrected chi connectivity index (χ4v) is 3.43. The second-order valence-corrected chi connectivity index (χ2v) is 8.31. The van der Waals surface area contributed by atoms with Crippen molar-refractivity contribution in [1.82, 2.24) is 10.6 Å². The molecule has 2 amide bonds. The van der Waals surface area contributed by atoms with E-state index in [2.05, 4.69) is 26.0 Å². The average molecular weight is 494 g/mol. The molecule has 0 spiro atoms. The molecule has 0 fully saturated rings. The molecular weight excluding hydrogens is 479 g/mol. The van der Waals surface area contributed by atoms with E-state index in [1.165, 1.54) is 30.3 Å². The number of amides is 2. The van der Waals surface area contributed by atoms with Crippen molar-refractivity contribution in [3.8, 4) is 0 Å². The topological polar surface area (TPSA) is 104 Å². The number of alkyl halides is 3. The summed E-state index contributed by atoms with van der Waals surface area (Å²) in [5, 5.41) is 3.74. The second-order valence-electron chi connectivity index (χ2n) is 5.71. The van der Waals surface area contributed by atoms with Crippen LogP contribution < -0.4 is 15.4 Å². The van der Waals surface area contributed by atoms with Crippen molar-refractivity contribution in [2.24, 2.45) is 0 Å². The van der Waals surface area contributed by atoms with Gasteiger partial charge in [0.25, 0.3) is 15.9 Å². The van der Waals surface area contributed by atoms with Gasteiger partial charge in [-0.15, -0.1) is 0 Å². The number of rotatable bonds is 7. The van der Waals surface area contributed by atoms with Crippen LogP contribution >= 0.6 is 15.9 Å². The van der Waals surface area contributed by atoms with Crippen LogP contribution in [0.2, 0.25) is 0 Å². The lowest BCUT2D eigenvalue weighted by Gasteiger charge is -2.11. The third kappa shape index (κ3) is 7.38. The number of anilines is 1. The van der Waals surface area contributed by atoms with Gasteiger partial charge in [0.2, 0.25) is 5.91 Å². The highest BCUT2D eigenvalue weighted by Gasteiger charge is 2.27. The van der Waals surface area contributed by atoms with E-state index in [9.17, 15) is 31.2 Å². The van der Waals surface area contributed by atoms with Gasteiger partial charge in [0.1, 0.15) is 6.54 Å². The second kappa shape index (κ2) is 9.27. The van der Waals surface area contributed by atoms with E-state index in [4.69, 9.17) is 0 Å². The first-order chi connectivity index (χ1) is 13.5. The van der Waals surface area contributed by atoms with Gasteiger partial charge in [-0.1, -0.05) is 22.0 Å². The molecule has 29 heavy (non-hydrogen) atoms. The van der Waals surface area contributed by atoms with Gasteiger partial charge in [-0.25, -0.2) is 8.42 Å². The predicted octanol–water partition coefficient (Wildman–Crippen LogP) is 2.66. The van der Waals surface area contributed by atoms with E-state index < -0.39 is 41.1 Å². The molecule has 0 saturated heterocycles. The van der Waals surface area contributed by atoms with Gasteiger partial charge in [-0.2, -0.15) is 13.2 Å². The van der Waals surface area contributed by atoms with Crippen LogP contribution in [0.15, 0.2) is 57.9 Å². The maximum Gasteiger partial charge on any atom is 0.405 e. The Morgan fingerprint density at radius 1 is 1.00 bits per heavy atom. The minimum Gasteiger partial charge on any atom is -0.345 e. The Hall–Kier alpha value is -2.60. The van der Waals surface area contributed by atoms with Crippen LogP contribution in [-0.2, 0) is 14.8 Å². The Balaban J connectivity index is 2.03. The lowest BCUT2D eigenvalue weighted by molar-refractivity contribution is -0.137. The first kappa shape index (κ1) is 22.7. The molecule has 0 atom stereocenters. The fraction of sp³-hybridized carbons (Fsp3) is 0.176. The normalized spacial score (nSPS) is 11.6. The zero-order valence-corrected chi connectivity index (χ0v) is 17.0. The lowest BCUT2D eigenvalue weighted by atomic mass is 10.2. The number of halogens is 4. The van der Waals surface area contributed by atoms with Gasteiger partial charge < -0.3 is 10.6 Å². The minimum atomic E-state index is -4.57. The number of sulfonamides is 1. The minimum absolute atomic E-state index is 0.0766. The van der Waals surface area contributed by atoms with Crippen molar-refractivity contribution in [2.45, 2.75) is 11.1 Å². The summed E-state index contributed by atoms with van der Waals surface area (Å²) in [4.78, 5) is 23.2. The highest BCUT2D eigenvalue weighted by molar-refractivity contribution is 9.10. The molecule has 2 aromatic rings. The van der Waals surface area contributed by atoms with Crippen LogP contribution in [0.25, 0.3) is 0 Å². The standard InChI is InChI=1S/C17H15BrF3N3O4S/c18-12-4-6-13(7-5-12)24-29(27,28)14-3-1-2-11(8-14)16(26)22-9-15(25)23-10-17(19,20)21/h1-8,24H,9-10H2,(H,22,26)(H,23,25). The number of hydrogen-bond donors (Lipinski definition) is 3. The third-order valence-corrected chi connectivity index (χ3v) is 5.31. The van der Waals surface area contributed by atoms with Gasteiger partial charge in [0, 0.05) is 15.7 Å². The van der Waals surface area contributed by atoms with E-state index in [-0.39, 0.29) is 10.5 Å². The van der Waals surface area contributed by atoms with Crippen molar-refractivity contribution < 1.29 is 31.2 Å². The Morgan fingerprint density at radius 3 is 2.28 bits per heavy atom. The van der Waals surface area contributed by atoms with Crippen molar-refractivity contribution in [3.05, 3.63) is 58.6 Å². The third-order valence-electron chi connectivity index (χ3n) is 3.40. The highest BCUT2D eigenvalue weighted by atomic mass is 79.9. The molecule has 0 radical (unpaired) electrons. The Labute approximate surface area is 172 Å². The first-order valence-corrected chi connectivity index (χ1v) is 10.2. The molecule has 0 bridgehead atoms. The molecule has 7 nitrogen and oxygen atoms in total. The molecule has 12 heteroatoms. The number of hydrogen-bond acceptors (Lipinski definition) is 4. The van der Waals surface area contributed by atoms with Gasteiger partial charge in [0.15, 0.2) is 0 Å². The number of nitrogens with one attached hydrogen (secondary N) is 3. The molecule has 0 saturated carbocycles. The van der Waals surface area contributed by atoms with Crippen molar-refractivity contribution >= 4 is 43.5 Å². The quantitative estimate of drug-likeness (QED) is 0.551. The molecule has 0 aliphatic heterocycles. The summed E-state index contributed by atoms with van der Waals surface area (Å²) in [6.45, 7) is -2.21. The molecule has 0 unspecified atom stereocenters. The van der Waals surface area contributed by atoms with E-state index in [0.717, 1.165) is 10.5 Å². The maximum absolute atomic E-state index is 12.5. The van der Waals surface area contributed by atoms with Crippen LogP contribution in [0.3, 0.4) is 0 Å². The summed E-state index contributed by atoms with van der Waals surface area (Å²) in [7, 11) is -3.99. The Morgan fingerprint density at radius 2 is 1.66 bits per heavy atom. The highest BCUT2D eigenvalue weighted by Crippen LogP contribution is 2.19. The summed E-state index contributed by atoms with van der Waals surface area (Å²) < 4.78 is 64.2. The average Bonchev–Trinajstić information content (AvgIpc) is 2.65. The lowest BCUT2D eigenvalue weighted by Crippen LogP contribution is -2.40. The van der Waals surface area contributed by atoms with Crippen molar-refractivity contribution in [1.29, 1.82) is 0 Å². The van der Waals surface area contributed by atoms with E-state index in [1.54, 1.807) is 17.4 Å². The molecule has 0 aliphatic carbocycles. The molecule has 0 aromatic heterocycles. The smallest absolute Gasteiger partial charge is 0.345 e. The number of carbonyl (C=O) groups is 2. The molecule has 3 N–H and O–H groups in total. The van der Waals surface area contributed by atoms with Gasteiger partial charge in [0.05, 0.1) is 11.4 Å². The summed E-state index contributed by atoms with van der Waals surface area (Å²) in [5.74, 6) is -1.84. The molecule has 2 aromatic carbocycles. The van der Waals surface area contributed by atoms with Gasteiger partial charge >= 0.3 is 6.18 Å². The summed E-state index contributed by atoms with van der Waals surface area (Å²) in [5.41, 5.74) is 0.233. The largest absolute Gasteiger partial charge is 0.405 e. The Bertz CT molecular complexity index is 996. The SMILES string of the molecule is O=C(CNC(=O)c1cccc(S(=O)(=O)Nc2ccc(Br)cc2)c1)NCC(F)(F)F. The molecular formula is C17H15BrF3N3O4S. The zero-order chi connectivity index (χ0) is 21.7. The number of benzene rings is 2. The molecule has 156 valence electrons. The van der Waals surface area contributed by atoms with Crippen LogP contribution in [0, 0.1) is 0 Å². The fourth-order valence-electron chi connectivity index (χ4n) is 2.06. The van der Waals surface area contributed by atoms with E-state index in [0.29, 0.717) is 5.69 Å². The van der Waals surface area contributed by atoms with Crippen molar-refractivity contribution in [3.63, 3.8) is 0 Å². The number of carbonyl (C=O) groups excluding carboxylic acids is 2. The molecule has 2 rings (SSSR count). The van der Waals surface area contributed by atoms with E-state index >= 15 is 0 Å². The molecule has 0 heterocycles. The maximum atomic E-state index is 12.5. The summed E-state index contributed by atoms with van der Waals surface area (Å²) >= 11 is 3.23. The van der Waals surface area contributed by atoms with Crippen LogP contribution in [-0.4, -0.2) is 39.5 Å². The van der Waals surface area contributed by atoms with Crippen LogP contribution in [0.1, 0.15) is 10.4 Å². The van der Waals surface area contributed by atoms with Crippen molar-refractivity contribution in [2.75, 3.05) is 17.8 Å². The van der Waals surface area contributed by atoms with Gasteiger partial charge in [-0.3, -0.25) is 14.3 Å².